The van der Waals surface area contributed by atoms with E-state index in [1.54, 1.807) is 0 Å². The molecule has 7 heteroatoms. The summed E-state index contributed by atoms with van der Waals surface area (Å²) in [5.74, 6) is 0.0258. The number of amides is 1. The zero-order chi connectivity index (χ0) is 14.2. The van der Waals surface area contributed by atoms with Gasteiger partial charge in [-0.15, -0.1) is 24.8 Å². The number of hydrogen-bond acceptors (Lipinski definition) is 4. The van der Waals surface area contributed by atoms with Crippen molar-refractivity contribution in [2.45, 2.75) is 12.6 Å². The molecule has 1 aromatic rings. The van der Waals surface area contributed by atoms with E-state index in [-0.39, 0.29) is 36.8 Å². The largest absolute Gasteiger partial charge is 0.378 e. The molecule has 2 rings (SSSR count). The van der Waals surface area contributed by atoms with Crippen molar-refractivity contribution < 1.29 is 9.53 Å². The zero-order valence-corrected chi connectivity index (χ0v) is 14.4. The van der Waals surface area contributed by atoms with Crippen LogP contribution in [-0.2, 0) is 16.1 Å². The van der Waals surface area contributed by atoms with E-state index >= 15 is 0 Å². The van der Waals surface area contributed by atoms with Crippen LogP contribution < -0.4 is 10.6 Å². The van der Waals surface area contributed by atoms with Crippen LogP contribution in [0.4, 0.5) is 0 Å². The molecule has 0 bridgehead atoms. The molecular weight excluding hydrogens is 325 g/mol. The van der Waals surface area contributed by atoms with Crippen molar-refractivity contribution in [3.05, 3.63) is 35.9 Å². The van der Waals surface area contributed by atoms with Gasteiger partial charge in [0.15, 0.2) is 0 Å². The SMILES string of the molecule is CN(CCNC(=O)C1COCCN1)Cc1ccccc1.Cl.Cl. The Bertz CT molecular complexity index is 415. The molecule has 0 radical (unpaired) electrons. The second-order valence-electron chi connectivity index (χ2n) is 5.10. The number of carbonyl (C=O) groups excluding carboxylic acids is 1. The van der Waals surface area contributed by atoms with Gasteiger partial charge < -0.3 is 20.3 Å². The van der Waals surface area contributed by atoms with E-state index in [1.165, 1.54) is 5.56 Å². The van der Waals surface area contributed by atoms with Crippen LogP contribution in [0.1, 0.15) is 5.56 Å². The van der Waals surface area contributed by atoms with Crippen molar-refractivity contribution >= 4 is 30.7 Å². The minimum Gasteiger partial charge on any atom is -0.378 e. The van der Waals surface area contributed by atoms with Crippen molar-refractivity contribution in [2.24, 2.45) is 0 Å². The second-order valence-corrected chi connectivity index (χ2v) is 5.10. The summed E-state index contributed by atoms with van der Waals surface area (Å²) in [6.45, 7) is 4.26. The lowest BCUT2D eigenvalue weighted by molar-refractivity contribution is -0.125. The summed E-state index contributed by atoms with van der Waals surface area (Å²) < 4.78 is 5.28. The normalized spacial score (nSPS) is 17.3. The Morgan fingerprint density at radius 3 is 2.73 bits per heavy atom. The maximum Gasteiger partial charge on any atom is 0.239 e. The van der Waals surface area contributed by atoms with Gasteiger partial charge in [0.05, 0.1) is 13.2 Å². The highest BCUT2D eigenvalue weighted by Crippen LogP contribution is 2.01. The van der Waals surface area contributed by atoms with Gasteiger partial charge in [-0.05, 0) is 12.6 Å². The standard InChI is InChI=1S/C15H23N3O2.2ClH/c1-18(11-13-5-3-2-4-6-13)9-7-17-15(19)14-12-20-10-8-16-14;;/h2-6,14,16H,7-12H2,1H3,(H,17,19);2*1H. The third-order valence-corrected chi connectivity index (χ3v) is 3.33. The molecule has 0 spiro atoms. The first kappa shape index (κ1) is 21.1. The molecule has 126 valence electrons. The molecule has 0 aliphatic carbocycles. The van der Waals surface area contributed by atoms with E-state index in [0.29, 0.717) is 19.8 Å². The van der Waals surface area contributed by atoms with Crippen LogP contribution in [-0.4, -0.2) is 56.7 Å². The Balaban J connectivity index is 0.00000220. The highest BCUT2D eigenvalue weighted by Gasteiger charge is 2.20. The zero-order valence-electron chi connectivity index (χ0n) is 12.8. The molecule has 22 heavy (non-hydrogen) atoms. The monoisotopic (exact) mass is 349 g/mol. The predicted molar refractivity (Wildman–Crippen MR) is 92.9 cm³/mol. The van der Waals surface area contributed by atoms with Gasteiger partial charge in [0.2, 0.25) is 5.91 Å². The molecule has 1 atom stereocenters. The lowest BCUT2D eigenvalue weighted by atomic mass is 10.2. The third kappa shape index (κ3) is 7.42. The van der Waals surface area contributed by atoms with Gasteiger partial charge >= 0.3 is 0 Å². The van der Waals surface area contributed by atoms with Crippen LogP contribution in [0.2, 0.25) is 0 Å². The van der Waals surface area contributed by atoms with Crippen molar-refractivity contribution in [1.29, 1.82) is 0 Å². The summed E-state index contributed by atoms with van der Waals surface area (Å²) in [5.41, 5.74) is 1.28. The molecule has 0 aromatic heterocycles. The number of hydrogen-bond donors (Lipinski definition) is 2. The molecule has 1 aliphatic heterocycles. The number of nitrogens with one attached hydrogen (secondary N) is 2. The van der Waals surface area contributed by atoms with E-state index in [0.717, 1.165) is 19.6 Å². The Kier molecular flexibility index (Phi) is 11.2. The van der Waals surface area contributed by atoms with Crippen molar-refractivity contribution in [3.63, 3.8) is 0 Å². The topological polar surface area (TPSA) is 53.6 Å². The molecule has 0 saturated carbocycles. The van der Waals surface area contributed by atoms with Crippen LogP contribution in [0, 0.1) is 0 Å². The summed E-state index contributed by atoms with van der Waals surface area (Å²) >= 11 is 0. The predicted octanol–water partition coefficient (Wildman–Crippen LogP) is 1.07. The number of benzene rings is 1. The number of ether oxygens (including phenoxy) is 1. The molecular formula is C15H25Cl2N3O2. The molecule has 1 saturated heterocycles. The van der Waals surface area contributed by atoms with E-state index < -0.39 is 0 Å². The first-order valence-electron chi connectivity index (χ1n) is 7.07. The third-order valence-electron chi connectivity index (χ3n) is 3.33. The average molecular weight is 350 g/mol. The highest BCUT2D eigenvalue weighted by molar-refractivity contribution is 5.85. The number of carbonyl (C=O) groups is 1. The maximum absolute atomic E-state index is 11.9. The highest BCUT2D eigenvalue weighted by atomic mass is 35.5. The van der Waals surface area contributed by atoms with Crippen molar-refractivity contribution in [2.75, 3.05) is 39.9 Å². The molecule has 5 nitrogen and oxygen atoms in total. The number of nitrogens with zero attached hydrogens (tertiary/aromatic N) is 1. The maximum atomic E-state index is 11.9. The molecule has 1 amide bonds. The van der Waals surface area contributed by atoms with Crippen LogP contribution >= 0.6 is 24.8 Å². The van der Waals surface area contributed by atoms with Gasteiger partial charge in [-0.2, -0.15) is 0 Å². The van der Waals surface area contributed by atoms with E-state index in [2.05, 4.69) is 34.7 Å². The van der Waals surface area contributed by atoms with Gasteiger partial charge in [0.25, 0.3) is 0 Å². The molecule has 1 heterocycles. The first-order chi connectivity index (χ1) is 9.75. The van der Waals surface area contributed by atoms with Crippen LogP contribution in [0.5, 0.6) is 0 Å². The quantitative estimate of drug-likeness (QED) is 0.806. The lowest BCUT2D eigenvalue weighted by Crippen LogP contribution is -2.52. The number of likely N-dealkylation sites (N-methyl/N-ethyl adjacent to an activating group) is 1. The second kappa shape index (κ2) is 11.7. The van der Waals surface area contributed by atoms with Crippen LogP contribution in [0.3, 0.4) is 0 Å². The fourth-order valence-corrected chi connectivity index (χ4v) is 2.20. The number of halogens is 2. The fourth-order valence-electron chi connectivity index (χ4n) is 2.20. The van der Waals surface area contributed by atoms with E-state index in [1.807, 2.05) is 18.2 Å². The van der Waals surface area contributed by atoms with Gasteiger partial charge in [0, 0.05) is 26.2 Å². The smallest absolute Gasteiger partial charge is 0.239 e. The summed E-state index contributed by atoms with van der Waals surface area (Å²) in [6.07, 6.45) is 0. The van der Waals surface area contributed by atoms with E-state index in [4.69, 9.17) is 4.74 Å². The Hall–Kier alpha value is -0.850. The van der Waals surface area contributed by atoms with Crippen LogP contribution in [0.15, 0.2) is 30.3 Å². The van der Waals surface area contributed by atoms with Gasteiger partial charge in [-0.1, -0.05) is 30.3 Å². The van der Waals surface area contributed by atoms with Crippen molar-refractivity contribution in [3.8, 4) is 0 Å². The first-order valence-corrected chi connectivity index (χ1v) is 7.07. The summed E-state index contributed by atoms with van der Waals surface area (Å²) in [4.78, 5) is 14.1. The fraction of sp³-hybridized carbons (Fsp3) is 0.533. The number of rotatable bonds is 6. The lowest BCUT2D eigenvalue weighted by Gasteiger charge is -2.23. The Morgan fingerprint density at radius 2 is 2.09 bits per heavy atom. The minimum atomic E-state index is -0.205. The number of morpholine rings is 1. The van der Waals surface area contributed by atoms with Crippen LogP contribution in [0.25, 0.3) is 0 Å². The molecule has 1 unspecified atom stereocenters. The molecule has 1 fully saturated rings. The Morgan fingerprint density at radius 1 is 1.36 bits per heavy atom. The van der Waals surface area contributed by atoms with Gasteiger partial charge in [0.1, 0.15) is 6.04 Å². The summed E-state index contributed by atoms with van der Waals surface area (Å²) in [7, 11) is 2.06. The summed E-state index contributed by atoms with van der Waals surface area (Å²) in [6, 6.07) is 10.1. The summed E-state index contributed by atoms with van der Waals surface area (Å²) in [5, 5.41) is 6.09. The minimum absolute atomic E-state index is 0. The average Bonchev–Trinajstić information content (AvgIpc) is 2.49. The van der Waals surface area contributed by atoms with Gasteiger partial charge in [-0.25, -0.2) is 0 Å². The molecule has 1 aromatic carbocycles. The molecule has 2 N–H and O–H groups in total. The van der Waals surface area contributed by atoms with E-state index in [9.17, 15) is 4.79 Å². The van der Waals surface area contributed by atoms with Gasteiger partial charge in [-0.3, -0.25) is 4.79 Å². The molecule has 1 aliphatic rings. The van der Waals surface area contributed by atoms with Crippen molar-refractivity contribution in [1.82, 2.24) is 15.5 Å². The Labute approximate surface area is 144 Å².